The van der Waals surface area contributed by atoms with Crippen LogP contribution in [0.5, 0.6) is 0 Å². The van der Waals surface area contributed by atoms with Crippen LogP contribution >= 0.6 is 0 Å². The zero-order valence-corrected chi connectivity index (χ0v) is 10.3. The Bertz CT molecular complexity index is 386. The largest absolute Gasteiger partial charge is 0.369 e. The second-order valence-corrected chi connectivity index (χ2v) is 4.94. The molecule has 0 spiro atoms. The van der Waals surface area contributed by atoms with Crippen LogP contribution < -0.4 is 5.73 Å². The topological polar surface area (TPSA) is 68.9 Å². The second-order valence-electron chi connectivity index (χ2n) is 4.94. The number of nitrogens with zero attached hydrogens (tertiary/aromatic N) is 2. The number of aromatic nitrogens is 2. The molecule has 16 heavy (non-hydrogen) atoms. The van der Waals surface area contributed by atoms with E-state index in [1.165, 1.54) is 0 Å². The summed E-state index contributed by atoms with van der Waals surface area (Å²) in [4.78, 5) is 20.0. The van der Waals surface area contributed by atoms with Crippen molar-refractivity contribution in [2.75, 3.05) is 0 Å². The highest BCUT2D eigenvalue weighted by Gasteiger charge is 2.31. The highest BCUT2D eigenvalue weighted by atomic mass is 16.1. The molecular formula is C12H19N3O. The predicted octanol–water partition coefficient (Wildman–Crippen LogP) is 1.44. The minimum atomic E-state index is -0.765. The quantitative estimate of drug-likeness (QED) is 0.836. The monoisotopic (exact) mass is 221 g/mol. The molecule has 0 aliphatic rings. The molecule has 0 aliphatic carbocycles. The third-order valence-electron chi connectivity index (χ3n) is 2.58. The Kier molecular flexibility index (Phi) is 3.62. The highest BCUT2D eigenvalue weighted by Crippen LogP contribution is 2.24. The molecule has 0 bridgehead atoms. The molecule has 1 amide bonds. The minimum absolute atomic E-state index is 0.377. The average Bonchev–Trinajstić information content (AvgIpc) is 2.17. The number of hydrogen-bond donors (Lipinski definition) is 1. The first kappa shape index (κ1) is 12.6. The molecule has 1 rings (SSSR count). The third-order valence-corrected chi connectivity index (χ3v) is 2.58. The van der Waals surface area contributed by atoms with E-state index in [1.807, 2.05) is 0 Å². The van der Waals surface area contributed by atoms with Crippen LogP contribution in [0, 0.1) is 5.92 Å². The van der Waals surface area contributed by atoms with E-state index in [0.717, 1.165) is 12.1 Å². The number of carbonyl (C=O) groups is 1. The van der Waals surface area contributed by atoms with Gasteiger partial charge in [0.25, 0.3) is 0 Å². The van der Waals surface area contributed by atoms with Crippen molar-refractivity contribution in [3.05, 3.63) is 23.8 Å². The van der Waals surface area contributed by atoms with Crippen molar-refractivity contribution in [1.82, 2.24) is 9.97 Å². The lowest BCUT2D eigenvalue weighted by Gasteiger charge is -2.22. The molecule has 2 N–H and O–H groups in total. The van der Waals surface area contributed by atoms with Crippen LogP contribution in [-0.4, -0.2) is 15.9 Å². The molecule has 4 heteroatoms. The molecule has 0 atom stereocenters. The van der Waals surface area contributed by atoms with E-state index in [-0.39, 0.29) is 5.91 Å². The minimum Gasteiger partial charge on any atom is -0.369 e. The standard InChI is InChI=1S/C12H19N3O/c1-8(2)7-9-10(15-6-5-14-9)12(3,4)11(13)16/h5-6,8H,7H2,1-4H3,(H2,13,16). The van der Waals surface area contributed by atoms with Gasteiger partial charge in [0, 0.05) is 12.4 Å². The van der Waals surface area contributed by atoms with Crippen molar-refractivity contribution in [3.63, 3.8) is 0 Å². The molecule has 0 unspecified atom stereocenters. The summed E-state index contributed by atoms with van der Waals surface area (Å²) in [6.45, 7) is 7.78. The molecule has 1 aromatic rings. The van der Waals surface area contributed by atoms with E-state index in [4.69, 9.17) is 5.73 Å². The van der Waals surface area contributed by atoms with Crippen LogP contribution in [0.4, 0.5) is 0 Å². The second kappa shape index (κ2) is 4.60. The lowest BCUT2D eigenvalue weighted by Crippen LogP contribution is -2.37. The Hall–Kier alpha value is -1.45. The lowest BCUT2D eigenvalue weighted by atomic mass is 9.85. The molecule has 0 aliphatic heterocycles. The number of amides is 1. The predicted molar refractivity (Wildman–Crippen MR) is 62.8 cm³/mol. The van der Waals surface area contributed by atoms with E-state index in [0.29, 0.717) is 11.6 Å². The van der Waals surface area contributed by atoms with Gasteiger partial charge in [0.05, 0.1) is 16.8 Å². The molecule has 0 aromatic carbocycles. The maximum Gasteiger partial charge on any atom is 0.229 e. The summed E-state index contributed by atoms with van der Waals surface area (Å²) in [6, 6.07) is 0. The van der Waals surface area contributed by atoms with Crippen molar-refractivity contribution in [3.8, 4) is 0 Å². The van der Waals surface area contributed by atoms with Crippen molar-refractivity contribution < 1.29 is 4.79 Å². The van der Waals surface area contributed by atoms with Crippen LogP contribution in [0.2, 0.25) is 0 Å². The molecule has 0 saturated carbocycles. The first-order chi connectivity index (χ1) is 7.35. The third kappa shape index (κ3) is 2.56. The van der Waals surface area contributed by atoms with E-state index in [2.05, 4.69) is 23.8 Å². The van der Waals surface area contributed by atoms with E-state index < -0.39 is 5.41 Å². The molecule has 1 heterocycles. The molecular weight excluding hydrogens is 202 g/mol. The Labute approximate surface area is 96.3 Å². The van der Waals surface area contributed by atoms with Gasteiger partial charge in [-0.3, -0.25) is 14.8 Å². The smallest absolute Gasteiger partial charge is 0.229 e. The first-order valence-corrected chi connectivity index (χ1v) is 5.46. The summed E-state index contributed by atoms with van der Waals surface area (Å²) in [5.74, 6) is 0.0946. The molecule has 88 valence electrons. The molecule has 0 saturated heterocycles. The number of rotatable bonds is 4. The van der Waals surface area contributed by atoms with Crippen LogP contribution in [-0.2, 0) is 16.6 Å². The Morgan fingerprint density at radius 2 is 1.94 bits per heavy atom. The molecule has 4 nitrogen and oxygen atoms in total. The summed E-state index contributed by atoms with van der Waals surface area (Å²) in [6.07, 6.45) is 4.06. The summed E-state index contributed by atoms with van der Waals surface area (Å²) in [7, 11) is 0. The van der Waals surface area contributed by atoms with Gasteiger partial charge in [-0.2, -0.15) is 0 Å². The maximum atomic E-state index is 11.4. The zero-order chi connectivity index (χ0) is 12.3. The van der Waals surface area contributed by atoms with Crippen LogP contribution in [0.15, 0.2) is 12.4 Å². The van der Waals surface area contributed by atoms with Gasteiger partial charge in [-0.15, -0.1) is 0 Å². The number of carbonyl (C=O) groups excluding carboxylic acids is 1. The normalized spacial score (nSPS) is 11.8. The Morgan fingerprint density at radius 1 is 1.38 bits per heavy atom. The Balaban J connectivity index is 3.17. The molecule has 0 fully saturated rings. The van der Waals surface area contributed by atoms with Crippen LogP contribution in [0.1, 0.15) is 39.1 Å². The van der Waals surface area contributed by atoms with Gasteiger partial charge < -0.3 is 5.73 Å². The fraction of sp³-hybridized carbons (Fsp3) is 0.583. The molecule has 0 radical (unpaired) electrons. The van der Waals surface area contributed by atoms with Crippen molar-refractivity contribution in [2.24, 2.45) is 11.7 Å². The first-order valence-electron chi connectivity index (χ1n) is 5.46. The van der Waals surface area contributed by atoms with Gasteiger partial charge >= 0.3 is 0 Å². The van der Waals surface area contributed by atoms with Gasteiger partial charge in [0.15, 0.2) is 0 Å². The highest BCUT2D eigenvalue weighted by molar-refractivity contribution is 5.85. The van der Waals surface area contributed by atoms with E-state index >= 15 is 0 Å². The summed E-state index contributed by atoms with van der Waals surface area (Å²) in [5, 5.41) is 0. The van der Waals surface area contributed by atoms with Gasteiger partial charge in [0.2, 0.25) is 5.91 Å². The van der Waals surface area contributed by atoms with Gasteiger partial charge in [0.1, 0.15) is 0 Å². The SMILES string of the molecule is CC(C)Cc1nccnc1C(C)(C)C(N)=O. The fourth-order valence-corrected chi connectivity index (χ4v) is 1.54. The summed E-state index contributed by atoms with van der Waals surface area (Å²) < 4.78 is 0. The number of primary amides is 1. The van der Waals surface area contributed by atoms with Gasteiger partial charge in [-0.1, -0.05) is 13.8 Å². The lowest BCUT2D eigenvalue weighted by molar-refractivity contribution is -0.122. The van der Waals surface area contributed by atoms with Crippen molar-refractivity contribution in [2.45, 2.75) is 39.5 Å². The maximum absolute atomic E-state index is 11.4. The van der Waals surface area contributed by atoms with Crippen LogP contribution in [0.25, 0.3) is 0 Å². The summed E-state index contributed by atoms with van der Waals surface area (Å²) >= 11 is 0. The van der Waals surface area contributed by atoms with Gasteiger partial charge in [-0.05, 0) is 26.2 Å². The fourth-order valence-electron chi connectivity index (χ4n) is 1.54. The Morgan fingerprint density at radius 3 is 2.44 bits per heavy atom. The van der Waals surface area contributed by atoms with E-state index in [1.54, 1.807) is 26.2 Å². The summed E-state index contributed by atoms with van der Waals surface area (Å²) in [5.41, 5.74) is 6.18. The zero-order valence-electron chi connectivity index (χ0n) is 10.3. The number of nitrogens with two attached hydrogens (primary N) is 1. The van der Waals surface area contributed by atoms with Crippen molar-refractivity contribution in [1.29, 1.82) is 0 Å². The van der Waals surface area contributed by atoms with Crippen molar-refractivity contribution >= 4 is 5.91 Å². The van der Waals surface area contributed by atoms with Gasteiger partial charge in [-0.25, -0.2) is 0 Å². The van der Waals surface area contributed by atoms with Crippen LogP contribution in [0.3, 0.4) is 0 Å². The average molecular weight is 221 g/mol. The number of hydrogen-bond acceptors (Lipinski definition) is 3. The molecule has 1 aromatic heterocycles. The van der Waals surface area contributed by atoms with E-state index in [9.17, 15) is 4.79 Å².